The number of ketones is 1. The van der Waals surface area contributed by atoms with Gasteiger partial charge in [0.1, 0.15) is 6.29 Å². The number of carbonyl (C=O) groups excluding carboxylic acids is 2. The van der Waals surface area contributed by atoms with E-state index in [1.165, 1.54) is 12.4 Å². The number of pyridine rings is 1. The van der Waals surface area contributed by atoms with Gasteiger partial charge in [-0.25, -0.2) is 9.97 Å². The van der Waals surface area contributed by atoms with Crippen molar-refractivity contribution in [2.75, 3.05) is 5.73 Å². The van der Waals surface area contributed by atoms with E-state index in [2.05, 4.69) is 15.0 Å². The van der Waals surface area contributed by atoms with Gasteiger partial charge in [-0.2, -0.15) is 0 Å². The van der Waals surface area contributed by atoms with E-state index in [1.54, 1.807) is 18.3 Å². The van der Waals surface area contributed by atoms with Crippen LogP contribution in [0.4, 0.5) is 5.82 Å². The number of rotatable bonds is 5. The molecule has 0 saturated heterocycles. The van der Waals surface area contributed by atoms with Crippen LogP contribution in [0.3, 0.4) is 0 Å². The third-order valence-electron chi connectivity index (χ3n) is 3.48. The number of nitrogen functional groups attached to an aromatic ring is 1. The predicted octanol–water partition coefficient (Wildman–Crippen LogP) is 2.09. The van der Waals surface area contributed by atoms with Crippen LogP contribution in [0.2, 0.25) is 0 Å². The summed E-state index contributed by atoms with van der Waals surface area (Å²) in [5, 5.41) is 0. The summed E-state index contributed by atoms with van der Waals surface area (Å²) in [6.07, 6.45) is 5.71. The van der Waals surface area contributed by atoms with E-state index in [4.69, 9.17) is 5.73 Å². The maximum absolute atomic E-state index is 12.6. The number of hydrogen-bond donors (Lipinski definition) is 1. The number of nitrogens with zero attached hydrogens (tertiary/aromatic N) is 3. The third-order valence-corrected chi connectivity index (χ3v) is 3.48. The lowest BCUT2D eigenvalue weighted by Gasteiger charge is -2.07. The average Bonchev–Trinajstić information content (AvgIpc) is 2.63. The molecule has 2 N–H and O–H groups in total. The van der Waals surface area contributed by atoms with Crippen LogP contribution in [0, 0.1) is 0 Å². The second-order valence-electron chi connectivity index (χ2n) is 5.13. The van der Waals surface area contributed by atoms with E-state index in [0.29, 0.717) is 17.7 Å². The van der Waals surface area contributed by atoms with E-state index in [0.717, 1.165) is 17.4 Å². The van der Waals surface area contributed by atoms with Crippen molar-refractivity contribution in [2.24, 2.45) is 0 Å². The lowest BCUT2D eigenvalue weighted by molar-refractivity contribution is -0.107. The molecule has 0 bridgehead atoms. The van der Waals surface area contributed by atoms with Gasteiger partial charge in [-0.3, -0.25) is 9.78 Å². The van der Waals surface area contributed by atoms with Crippen LogP contribution in [0.25, 0.3) is 11.3 Å². The Labute approximate surface area is 138 Å². The van der Waals surface area contributed by atoms with E-state index >= 15 is 0 Å². The van der Waals surface area contributed by atoms with Crippen LogP contribution in [0.5, 0.6) is 0 Å². The molecule has 1 aromatic carbocycles. The minimum atomic E-state index is -0.334. The zero-order chi connectivity index (χ0) is 16.9. The summed E-state index contributed by atoms with van der Waals surface area (Å²) in [7, 11) is 0. The Bertz CT molecular complexity index is 895. The second-order valence-corrected chi connectivity index (χ2v) is 5.13. The molecule has 118 valence electrons. The number of benzene rings is 1. The fourth-order valence-electron chi connectivity index (χ4n) is 2.29. The Hall–Kier alpha value is -3.41. The number of nitrogens with two attached hydrogens (primary N) is 1. The summed E-state index contributed by atoms with van der Waals surface area (Å²) < 4.78 is 0. The van der Waals surface area contributed by atoms with E-state index < -0.39 is 0 Å². The molecule has 6 heteroatoms. The van der Waals surface area contributed by atoms with Crippen LogP contribution < -0.4 is 5.73 Å². The fraction of sp³-hybridized carbons (Fsp3) is 0.0556. The van der Waals surface area contributed by atoms with Crippen molar-refractivity contribution >= 4 is 17.9 Å². The first-order valence-electron chi connectivity index (χ1n) is 7.29. The highest BCUT2D eigenvalue weighted by Crippen LogP contribution is 2.21. The van der Waals surface area contributed by atoms with Gasteiger partial charge in [0, 0.05) is 29.9 Å². The molecule has 0 amide bonds. The summed E-state index contributed by atoms with van der Waals surface area (Å²) in [5.74, 6) is -0.268. The van der Waals surface area contributed by atoms with Crippen molar-refractivity contribution in [3.05, 3.63) is 71.8 Å². The summed E-state index contributed by atoms with van der Waals surface area (Å²) in [6.45, 7) is 0. The highest BCUT2D eigenvalue weighted by molar-refractivity contribution is 6.10. The van der Waals surface area contributed by atoms with Gasteiger partial charge in [-0.1, -0.05) is 18.2 Å². The number of aromatic nitrogens is 3. The molecule has 2 heterocycles. The number of carbonyl (C=O) groups is 2. The van der Waals surface area contributed by atoms with Gasteiger partial charge in [0.25, 0.3) is 0 Å². The highest BCUT2D eigenvalue weighted by atomic mass is 16.1. The van der Waals surface area contributed by atoms with Gasteiger partial charge < -0.3 is 10.5 Å². The molecule has 0 unspecified atom stereocenters. The standard InChI is InChI=1S/C18H14N4O2/c19-18-16(17(24)14-5-2-7-20-10-14)22-15(11-21-18)13-4-1-3-12(9-13)6-8-23/h1-5,7-11H,6H2,(H2,19,21). The minimum absolute atomic E-state index is 0.0663. The summed E-state index contributed by atoms with van der Waals surface area (Å²) in [6, 6.07) is 10.7. The molecule has 0 atom stereocenters. The summed E-state index contributed by atoms with van der Waals surface area (Å²) in [5.41, 5.74) is 8.45. The van der Waals surface area contributed by atoms with Gasteiger partial charge in [0.05, 0.1) is 11.9 Å². The Kier molecular flexibility index (Phi) is 4.38. The maximum Gasteiger partial charge on any atom is 0.216 e. The van der Waals surface area contributed by atoms with Crippen LogP contribution in [-0.4, -0.2) is 27.0 Å². The molecular formula is C18H14N4O2. The highest BCUT2D eigenvalue weighted by Gasteiger charge is 2.16. The van der Waals surface area contributed by atoms with Crippen LogP contribution in [0.15, 0.2) is 55.0 Å². The Morgan fingerprint density at radius 3 is 2.79 bits per heavy atom. The largest absolute Gasteiger partial charge is 0.382 e. The third kappa shape index (κ3) is 3.17. The van der Waals surface area contributed by atoms with Gasteiger partial charge in [0.2, 0.25) is 5.78 Å². The van der Waals surface area contributed by atoms with E-state index in [1.807, 2.05) is 24.3 Å². The Morgan fingerprint density at radius 2 is 2.04 bits per heavy atom. The lowest BCUT2D eigenvalue weighted by atomic mass is 10.1. The molecule has 0 spiro atoms. The van der Waals surface area contributed by atoms with Crippen LogP contribution >= 0.6 is 0 Å². The molecule has 0 aliphatic rings. The second kappa shape index (κ2) is 6.78. The smallest absolute Gasteiger partial charge is 0.216 e. The summed E-state index contributed by atoms with van der Waals surface area (Å²) >= 11 is 0. The monoisotopic (exact) mass is 318 g/mol. The van der Waals surface area contributed by atoms with Crippen molar-refractivity contribution in [2.45, 2.75) is 6.42 Å². The van der Waals surface area contributed by atoms with Crippen molar-refractivity contribution in [3.8, 4) is 11.3 Å². The quantitative estimate of drug-likeness (QED) is 0.571. The molecule has 24 heavy (non-hydrogen) atoms. The fourth-order valence-corrected chi connectivity index (χ4v) is 2.29. The van der Waals surface area contributed by atoms with Crippen molar-refractivity contribution in [1.29, 1.82) is 0 Å². The van der Waals surface area contributed by atoms with Crippen molar-refractivity contribution in [1.82, 2.24) is 15.0 Å². The topological polar surface area (TPSA) is 98.8 Å². The predicted molar refractivity (Wildman–Crippen MR) is 89.3 cm³/mol. The van der Waals surface area contributed by atoms with Gasteiger partial charge in [0.15, 0.2) is 11.5 Å². The summed E-state index contributed by atoms with van der Waals surface area (Å²) in [4.78, 5) is 35.6. The normalized spacial score (nSPS) is 10.3. The number of anilines is 1. The first-order chi connectivity index (χ1) is 11.7. The molecule has 0 aliphatic carbocycles. The molecule has 0 saturated carbocycles. The van der Waals surface area contributed by atoms with Crippen molar-refractivity contribution < 1.29 is 9.59 Å². The number of aldehydes is 1. The first kappa shape index (κ1) is 15.5. The van der Waals surface area contributed by atoms with Crippen molar-refractivity contribution in [3.63, 3.8) is 0 Å². The number of hydrogen-bond acceptors (Lipinski definition) is 6. The van der Waals surface area contributed by atoms with Gasteiger partial charge in [-0.15, -0.1) is 0 Å². The molecule has 3 rings (SSSR count). The average molecular weight is 318 g/mol. The zero-order valence-electron chi connectivity index (χ0n) is 12.7. The molecule has 0 aliphatic heterocycles. The molecule has 0 fully saturated rings. The minimum Gasteiger partial charge on any atom is -0.382 e. The molecule has 3 aromatic rings. The lowest BCUT2D eigenvalue weighted by Crippen LogP contribution is -2.10. The molecule has 0 radical (unpaired) electrons. The Morgan fingerprint density at radius 1 is 1.17 bits per heavy atom. The first-order valence-corrected chi connectivity index (χ1v) is 7.29. The molecule has 6 nitrogen and oxygen atoms in total. The SMILES string of the molecule is Nc1ncc(-c2cccc(CC=O)c2)nc1C(=O)c1cccnc1. The van der Waals surface area contributed by atoms with Gasteiger partial charge in [-0.05, 0) is 23.8 Å². The zero-order valence-corrected chi connectivity index (χ0v) is 12.7. The molecular weight excluding hydrogens is 304 g/mol. The maximum atomic E-state index is 12.6. The molecule has 2 aromatic heterocycles. The van der Waals surface area contributed by atoms with E-state index in [9.17, 15) is 9.59 Å². The van der Waals surface area contributed by atoms with Crippen LogP contribution in [0.1, 0.15) is 21.6 Å². The van der Waals surface area contributed by atoms with E-state index in [-0.39, 0.29) is 17.3 Å². The van der Waals surface area contributed by atoms with Crippen LogP contribution in [-0.2, 0) is 11.2 Å². The van der Waals surface area contributed by atoms with Gasteiger partial charge >= 0.3 is 0 Å². The Balaban J connectivity index is 2.02.